The maximum atomic E-state index is 12.7. The first-order chi connectivity index (χ1) is 13.2. The predicted molar refractivity (Wildman–Crippen MR) is 101 cm³/mol. The summed E-state index contributed by atoms with van der Waals surface area (Å²) in [5, 5.41) is 3.14. The molecule has 0 radical (unpaired) electrons. The molecule has 27 heavy (non-hydrogen) atoms. The number of hydrogen-bond donors (Lipinski definition) is 1. The molecule has 2 atom stereocenters. The van der Waals surface area contributed by atoms with Gasteiger partial charge < -0.3 is 24.6 Å². The number of carbonyl (C=O) groups excluding carboxylic acids is 1. The maximum absolute atomic E-state index is 12.7. The average molecular weight is 375 g/mol. The second-order valence-electron chi connectivity index (χ2n) is 7.63. The van der Waals surface area contributed by atoms with Gasteiger partial charge in [-0.2, -0.15) is 0 Å². The SMILES string of the molecule is COCC(NC(=O)N1CCOC(c2ccnc(N3CCCC3)n2)C1)C1CC1. The summed E-state index contributed by atoms with van der Waals surface area (Å²) in [6.07, 6.45) is 6.28. The predicted octanol–water partition coefficient (Wildman–Crippen LogP) is 1.58. The minimum absolute atomic E-state index is 0.0360. The van der Waals surface area contributed by atoms with Crippen molar-refractivity contribution in [2.45, 2.75) is 37.8 Å². The Morgan fingerprint density at radius 3 is 2.93 bits per heavy atom. The molecule has 2 aliphatic heterocycles. The van der Waals surface area contributed by atoms with Crippen molar-refractivity contribution in [1.82, 2.24) is 20.2 Å². The van der Waals surface area contributed by atoms with Crippen LogP contribution in [0.4, 0.5) is 10.7 Å². The fraction of sp³-hybridized carbons (Fsp3) is 0.737. The molecule has 1 N–H and O–H groups in total. The van der Waals surface area contributed by atoms with E-state index in [-0.39, 0.29) is 18.2 Å². The van der Waals surface area contributed by atoms with Gasteiger partial charge in [0.05, 0.1) is 31.5 Å². The Kier molecular flexibility index (Phi) is 5.73. The third-order valence-electron chi connectivity index (χ3n) is 5.58. The zero-order valence-corrected chi connectivity index (χ0v) is 16.0. The molecule has 4 rings (SSSR count). The van der Waals surface area contributed by atoms with E-state index in [1.165, 1.54) is 25.7 Å². The second-order valence-corrected chi connectivity index (χ2v) is 7.63. The molecule has 8 nitrogen and oxygen atoms in total. The van der Waals surface area contributed by atoms with E-state index in [9.17, 15) is 4.79 Å². The summed E-state index contributed by atoms with van der Waals surface area (Å²) in [5.41, 5.74) is 0.847. The maximum Gasteiger partial charge on any atom is 0.317 e. The number of amides is 2. The molecule has 2 unspecified atom stereocenters. The van der Waals surface area contributed by atoms with Gasteiger partial charge in [0.25, 0.3) is 0 Å². The zero-order chi connectivity index (χ0) is 18.6. The van der Waals surface area contributed by atoms with E-state index in [0.717, 1.165) is 24.7 Å². The number of methoxy groups -OCH3 is 1. The van der Waals surface area contributed by atoms with Gasteiger partial charge in [-0.3, -0.25) is 0 Å². The molecule has 0 aromatic carbocycles. The van der Waals surface area contributed by atoms with Gasteiger partial charge in [0.15, 0.2) is 0 Å². The lowest BCUT2D eigenvalue weighted by Crippen LogP contribution is -2.51. The Labute approximate surface area is 160 Å². The molecular weight excluding hydrogens is 346 g/mol. The number of urea groups is 1. The highest BCUT2D eigenvalue weighted by Crippen LogP contribution is 2.33. The topological polar surface area (TPSA) is 79.8 Å². The van der Waals surface area contributed by atoms with Crippen LogP contribution in [0.15, 0.2) is 12.3 Å². The highest BCUT2D eigenvalue weighted by Gasteiger charge is 2.34. The largest absolute Gasteiger partial charge is 0.383 e. The number of anilines is 1. The molecule has 1 aromatic heterocycles. The van der Waals surface area contributed by atoms with Crippen LogP contribution in [0, 0.1) is 5.92 Å². The fourth-order valence-corrected chi connectivity index (χ4v) is 3.85. The Balaban J connectivity index is 1.38. The lowest BCUT2D eigenvalue weighted by molar-refractivity contribution is -0.0184. The Morgan fingerprint density at radius 2 is 2.19 bits per heavy atom. The van der Waals surface area contributed by atoms with Gasteiger partial charge in [-0.1, -0.05) is 0 Å². The van der Waals surface area contributed by atoms with Gasteiger partial charge in [-0.05, 0) is 37.7 Å². The van der Waals surface area contributed by atoms with Crippen LogP contribution in [-0.4, -0.2) is 73.4 Å². The van der Waals surface area contributed by atoms with Crippen LogP contribution < -0.4 is 10.2 Å². The molecule has 0 spiro atoms. The van der Waals surface area contributed by atoms with Gasteiger partial charge in [-0.25, -0.2) is 14.8 Å². The van der Waals surface area contributed by atoms with Crippen LogP contribution in [0.5, 0.6) is 0 Å². The lowest BCUT2D eigenvalue weighted by atomic mass is 10.2. The minimum Gasteiger partial charge on any atom is -0.383 e. The first-order valence-electron chi connectivity index (χ1n) is 9.98. The van der Waals surface area contributed by atoms with Crippen molar-refractivity contribution >= 4 is 12.0 Å². The molecule has 1 aliphatic carbocycles. The summed E-state index contributed by atoms with van der Waals surface area (Å²) in [4.78, 5) is 25.9. The molecule has 148 valence electrons. The third-order valence-corrected chi connectivity index (χ3v) is 5.58. The first kappa shape index (κ1) is 18.4. The fourth-order valence-electron chi connectivity index (χ4n) is 3.85. The molecule has 3 aliphatic rings. The van der Waals surface area contributed by atoms with Crippen LogP contribution in [0.3, 0.4) is 0 Å². The van der Waals surface area contributed by atoms with Crippen molar-refractivity contribution < 1.29 is 14.3 Å². The van der Waals surface area contributed by atoms with Crippen molar-refractivity contribution in [2.75, 3.05) is 51.4 Å². The van der Waals surface area contributed by atoms with Crippen LogP contribution in [-0.2, 0) is 9.47 Å². The Morgan fingerprint density at radius 1 is 1.37 bits per heavy atom. The Hall–Kier alpha value is -1.93. The van der Waals surface area contributed by atoms with Gasteiger partial charge in [-0.15, -0.1) is 0 Å². The standard InChI is InChI=1S/C19H29N5O3/c1-26-13-16(14-4-5-14)22-19(25)24-10-11-27-17(12-24)15-6-7-20-18(21-15)23-8-2-3-9-23/h6-7,14,16-17H,2-5,8-13H2,1H3,(H,22,25). The van der Waals surface area contributed by atoms with Crippen LogP contribution in [0.2, 0.25) is 0 Å². The normalized spacial score (nSPS) is 24.1. The van der Waals surface area contributed by atoms with E-state index in [0.29, 0.717) is 32.2 Å². The number of nitrogens with zero attached hydrogens (tertiary/aromatic N) is 4. The molecule has 2 amide bonds. The Bertz CT molecular complexity index is 648. The average Bonchev–Trinajstić information content (AvgIpc) is 3.41. The van der Waals surface area contributed by atoms with Crippen molar-refractivity contribution in [3.63, 3.8) is 0 Å². The lowest BCUT2D eigenvalue weighted by Gasteiger charge is -2.34. The highest BCUT2D eigenvalue weighted by atomic mass is 16.5. The quantitative estimate of drug-likeness (QED) is 0.813. The smallest absolute Gasteiger partial charge is 0.317 e. The van der Waals surface area contributed by atoms with Crippen LogP contribution >= 0.6 is 0 Å². The summed E-state index contributed by atoms with van der Waals surface area (Å²) in [7, 11) is 1.68. The molecule has 1 saturated carbocycles. The van der Waals surface area contributed by atoms with Gasteiger partial charge >= 0.3 is 6.03 Å². The van der Waals surface area contributed by atoms with Crippen molar-refractivity contribution in [1.29, 1.82) is 0 Å². The highest BCUT2D eigenvalue weighted by molar-refractivity contribution is 5.74. The molecule has 3 heterocycles. The molecule has 1 aromatic rings. The van der Waals surface area contributed by atoms with E-state index in [2.05, 4.69) is 15.2 Å². The molecule has 3 fully saturated rings. The molecule has 8 heteroatoms. The number of nitrogens with one attached hydrogen (secondary N) is 1. The van der Waals surface area contributed by atoms with E-state index >= 15 is 0 Å². The van der Waals surface area contributed by atoms with E-state index in [1.54, 1.807) is 13.3 Å². The second kappa shape index (κ2) is 8.39. The molecular formula is C19H29N5O3. The monoisotopic (exact) mass is 375 g/mol. The van der Waals surface area contributed by atoms with Crippen LogP contribution in [0.1, 0.15) is 37.5 Å². The molecule has 2 saturated heterocycles. The zero-order valence-electron chi connectivity index (χ0n) is 16.0. The number of hydrogen-bond acceptors (Lipinski definition) is 6. The minimum atomic E-state index is -0.212. The van der Waals surface area contributed by atoms with Gasteiger partial charge in [0, 0.05) is 32.9 Å². The van der Waals surface area contributed by atoms with Crippen molar-refractivity contribution in [3.05, 3.63) is 18.0 Å². The van der Waals surface area contributed by atoms with Gasteiger partial charge in [0.1, 0.15) is 6.10 Å². The third kappa shape index (κ3) is 4.50. The first-order valence-corrected chi connectivity index (χ1v) is 9.98. The van der Waals surface area contributed by atoms with E-state index < -0.39 is 0 Å². The number of ether oxygens (including phenoxy) is 2. The number of rotatable bonds is 6. The summed E-state index contributed by atoms with van der Waals surface area (Å²) in [5.74, 6) is 1.32. The summed E-state index contributed by atoms with van der Waals surface area (Å²) >= 11 is 0. The number of morpholine rings is 1. The van der Waals surface area contributed by atoms with Crippen molar-refractivity contribution in [3.8, 4) is 0 Å². The number of aromatic nitrogens is 2. The van der Waals surface area contributed by atoms with Crippen LogP contribution in [0.25, 0.3) is 0 Å². The molecule has 0 bridgehead atoms. The summed E-state index contributed by atoms with van der Waals surface area (Å²) < 4.78 is 11.2. The van der Waals surface area contributed by atoms with E-state index in [4.69, 9.17) is 14.5 Å². The number of carbonyl (C=O) groups is 1. The van der Waals surface area contributed by atoms with Gasteiger partial charge in [0.2, 0.25) is 5.95 Å². The van der Waals surface area contributed by atoms with E-state index in [1.807, 2.05) is 11.0 Å². The summed E-state index contributed by atoms with van der Waals surface area (Å²) in [6, 6.07) is 1.96. The van der Waals surface area contributed by atoms with Crippen molar-refractivity contribution in [2.24, 2.45) is 5.92 Å². The summed E-state index contributed by atoms with van der Waals surface area (Å²) in [6.45, 7) is 4.19.